The summed E-state index contributed by atoms with van der Waals surface area (Å²) in [4.78, 5) is 11.1. The Kier molecular flexibility index (Phi) is 4.00. The summed E-state index contributed by atoms with van der Waals surface area (Å²) in [7, 11) is 1.57. The van der Waals surface area contributed by atoms with Crippen LogP contribution in [0.25, 0.3) is 11.0 Å². The first-order valence-electron chi connectivity index (χ1n) is 6.48. The Hall–Kier alpha value is -1.39. The summed E-state index contributed by atoms with van der Waals surface area (Å²) in [6.45, 7) is 0. The van der Waals surface area contributed by atoms with Crippen molar-refractivity contribution in [3.8, 4) is 0 Å². The largest absolute Gasteiger partial charge is 0.389 e. The Morgan fingerprint density at radius 2 is 2.19 bits per heavy atom. The lowest BCUT2D eigenvalue weighted by Gasteiger charge is -2.14. The molecule has 114 valence electrons. The zero-order valence-electron chi connectivity index (χ0n) is 11.4. The van der Waals surface area contributed by atoms with Crippen LogP contribution in [-0.4, -0.2) is 56.3 Å². The molecule has 8 nitrogen and oxygen atoms in total. The maximum absolute atomic E-state index is 10.3. The molecule has 0 bridgehead atoms. The van der Waals surface area contributed by atoms with Gasteiger partial charge in [-0.1, -0.05) is 0 Å². The first-order valence-corrected chi connectivity index (χ1v) is 7.39. The molecule has 0 radical (unpaired) electrons. The van der Waals surface area contributed by atoms with Crippen LogP contribution >= 0.6 is 12.0 Å². The van der Waals surface area contributed by atoms with Gasteiger partial charge in [0.05, 0.1) is 24.8 Å². The first kappa shape index (κ1) is 14.5. The van der Waals surface area contributed by atoms with Gasteiger partial charge in [0, 0.05) is 23.6 Å². The van der Waals surface area contributed by atoms with Crippen molar-refractivity contribution in [1.29, 1.82) is 0 Å². The summed E-state index contributed by atoms with van der Waals surface area (Å²) in [5, 5.41) is 23.6. The van der Waals surface area contributed by atoms with Gasteiger partial charge >= 0.3 is 0 Å². The fourth-order valence-electron chi connectivity index (χ4n) is 2.64. The van der Waals surface area contributed by atoms with Gasteiger partial charge in [-0.25, -0.2) is 9.97 Å². The third-order valence-corrected chi connectivity index (χ3v) is 4.45. The molecule has 4 atom stereocenters. The lowest BCUT2D eigenvalue weighted by molar-refractivity contribution is 0.0307. The molecule has 3 rings (SSSR count). The van der Waals surface area contributed by atoms with Gasteiger partial charge < -0.3 is 30.4 Å². The van der Waals surface area contributed by atoms with Gasteiger partial charge in [0.2, 0.25) is 0 Å². The van der Waals surface area contributed by atoms with Crippen molar-refractivity contribution in [2.75, 3.05) is 18.6 Å². The third kappa shape index (κ3) is 2.47. The fraction of sp³-hybridized carbons (Fsp3) is 0.500. The molecule has 6 N–H and O–H groups in total. The minimum atomic E-state index is -0.928. The number of nitrogens with zero attached hydrogens (tertiary/aromatic N) is 2. The molecule has 0 saturated carbocycles. The highest BCUT2D eigenvalue weighted by Crippen LogP contribution is 2.33. The number of aliphatic hydroxyl groups is 2. The molecule has 9 heteroatoms. The van der Waals surface area contributed by atoms with Crippen molar-refractivity contribution in [2.24, 2.45) is 0 Å². The van der Waals surface area contributed by atoms with E-state index in [2.05, 4.69) is 20.3 Å². The van der Waals surface area contributed by atoms with Crippen molar-refractivity contribution in [2.45, 2.75) is 24.3 Å². The van der Waals surface area contributed by atoms with Crippen molar-refractivity contribution in [3.63, 3.8) is 0 Å². The van der Waals surface area contributed by atoms with Crippen molar-refractivity contribution >= 4 is 28.9 Å². The molecule has 3 heterocycles. The van der Waals surface area contributed by atoms with Crippen LogP contribution in [0.1, 0.15) is 11.6 Å². The average Bonchev–Trinajstić information content (AvgIpc) is 3.02. The molecule has 1 fully saturated rings. The first-order chi connectivity index (χ1) is 10.1. The summed E-state index contributed by atoms with van der Waals surface area (Å²) in [6, 6.07) is -0.690. The SMILES string of the molecule is COSC[C@H]1N[C@@H](c2c[nH]c3c(N)ncnc23)[C@H](O)[C@@H]1O. The Morgan fingerprint density at radius 1 is 1.38 bits per heavy atom. The number of hydrogen-bond acceptors (Lipinski definition) is 8. The predicted octanol–water partition coefficient (Wildman–Crippen LogP) is -0.431. The molecule has 0 unspecified atom stereocenters. The van der Waals surface area contributed by atoms with E-state index in [1.807, 2.05) is 0 Å². The highest BCUT2D eigenvalue weighted by molar-refractivity contribution is 7.94. The highest BCUT2D eigenvalue weighted by Gasteiger charge is 2.42. The summed E-state index contributed by atoms with van der Waals surface area (Å²) in [5.41, 5.74) is 7.82. The van der Waals surface area contributed by atoms with E-state index < -0.39 is 18.2 Å². The van der Waals surface area contributed by atoms with Crippen LogP contribution in [-0.2, 0) is 4.18 Å². The van der Waals surface area contributed by atoms with Gasteiger partial charge in [-0.05, 0) is 12.0 Å². The van der Waals surface area contributed by atoms with Crippen LogP contribution in [0, 0.1) is 0 Å². The monoisotopic (exact) mass is 311 g/mol. The molecule has 0 amide bonds. The van der Waals surface area contributed by atoms with Crippen molar-refractivity contribution < 1.29 is 14.4 Å². The highest BCUT2D eigenvalue weighted by atomic mass is 32.2. The van der Waals surface area contributed by atoms with E-state index in [1.54, 1.807) is 13.3 Å². The number of anilines is 1. The van der Waals surface area contributed by atoms with Crippen molar-refractivity contribution in [3.05, 3.63) is 18.1 Å². The number of fused-ring (bicyclic) bond motifs is 1. The standard InChI is InChI=1S/C12H17N5O3S/c1-20-21-3-6-10(18)11(19)8(17-6)5-2-14-9-7(5)15-4-16-12(9)13/h2,4,6,8,10-11,14,17-19H,3H2,1H3,(H2,13,15,16)/t6-,8+,10-,11+/m1/s1. The van der Waals surface area contributed by atoms with Crippen molar-refractivity contribution in [1.82, 2.24) is 20.3 Å². The van der Waals surface area contributed by atoms with Gasteiger partial charge in [-0.3, -0.25) is 0 Å². The molecule has 0 aliphatic carbocycles. The van der Waals surface area contributed by atoms with E-state index in [-0.39, 0.29) is 6.04 Å². The number of rotatable bonds is 4. The minimum absolute atomic E-state index is 0.265. The van der Waals surface area contributed by atoms with Crippen LogP contribution < -0.4 is 11.1 Å². The fourth-order valence-corrected chi connectivity index (χ4v) is 3.22. The maximum Gasteiger partial charge on any atom is 0.151 e. The molecule has 21 heavy (non-hydrogen) atoms. The molecule has 2 aromatic heterocycles. The summed E-state index contributed by atoms with van der Waals surface area (Å²) >= 11 is 1.23. The number of H-pyrrole nitrogens is 1. The van der Waals surface area contributed by atoms with E-state index in [9.17, 15) is 10.2 Å². The zero-order valence-corrected chi connectivity index (χ0v) is 12.2. The molecule has 2 aromatic rings. The van der Waals surface area contributed by atoms with Gasteiger partial charge in [0.25, 0.3) is 0 Å². The topological polar surface area (TPSA) is 129 Å². The lowest BCUT2D eigenvalue weighted by atomic mass is 10.0. The average molecular weight is 311 g/mol. The van der Waals surface area contributed by atoms with Gasteiger partial charge in [0.15, 0.2) is 5.82 Å². The van der Waals surface area contributed by atoms with Crippen LogP contribution in [0.3, 0.4) is 0 Å². The smallest absolute Gasteiger partial charge is 0.151 e. The Morgan fingerprint density at radius 3 is 2.95 bits per heavy atom. The van der Waals surface area contributed by atoms with Crippen LogP contribution in [0.5, 0.6) is 0 Å². The number of aliphatic hydroxyl groups excluding tert-OH is 2. The zero-order chi connectivity index (χ0) is 15.0. The van der Waals surface area contributed by atoms with Crippen LogP contribution in [0.4, 0.5) is 5.82 Å². The van der Waals surface area contributed by atoms with Gasteiger partial charge in [-0.15, -0.1) is 0 Å². The number of nitrogens with two attached hydrogens (primary N) is 1. The molecule has 1 saturated heterocycles. The molecular weight excluding hydrogens is 294 g/mol. The molecular formula is C12H17N5O3S. The Balaban J connectivity index is 1.90. The van der Waals surface area contributed by atoms with Crippen LogP contribution in [0.15, 0.2) is 12.5 Å². The second-order valence-electron chi connectivity index (χ2n) is 4.91. The molecule has 1 aliphatic heterocycles. The molecule has 0 spiro atoms. The second-order valence-corrected chi connectivity index (χ2v) is 5.81. The Bertz CT molecular complexity index is 636. The minimum Gasteiger partial charge on any atom is -0.389 e. The summed E-state index contributed by atoms with van der Waals surface area (Å²) in [5.74, 6) is 0.885. The molecule has 1 aliphatic rings. The number of aromatic nitrogens is 3. The lowest BCUT2D eigenvalue weighted by Crippen LogP contribution is -2.35. The third-order valence-electron chi connectivity index (χ3n) is 3.72. The van der Waals surface area contributed by atoms with E-state index in [0.717, 1.165) is 5.56 Å². The van der Waals surface area contributed by atoms with E-state index in [0.29, 0.717) is 22.6 Å². The van der Waals surface area contributed by atoms with E-state index in [4.69, 9.17) is 9.92 Å². The van der Waals surface area contributed by atoms with Gasteiger partial charge in [-0.2, -0.15) is 0 Å². The maximum atomic E-state index is 10.3. The van der Waals surface area contributed by atoms with Crippen LogP contribution in [0.2, 0.25) is 0 Å². The quantitative estimate of drug-likeness (QED) is 0.481. The second kappa shape index (κ2) is 5.78. The number of aromatic amines is 1. The van der Waals surface area contributed by atoms with E-state index >= 15 is 0 Å². The summed E-state index contributed by atoms with van der Waals surface area (Å²) < 4.78 is 4.94. The van der Waals surface area contributed by atoms with Gasteiger partial charge in [0.1, 0.15) is 17.9 Å². The number of nitrogens with one attached hydrogen (secondary N) is 2. The predicted molar refractivity (Wildman–Crippen MR) is 79.4 cm³/mol. The normalized spacial score (nSPS) is 29.3. The number of hydrogen-bond donors (Lipinski definition) is 5. The Labute approximate surface area is 125 Å². The van der Waals surface area contributed by atoms with E-state index in [1.165, 1.54) is 18.4 Å². The molecule has 0 aromatic carbocycles. The summed E-state index contributed by atoms with van der Waals surface area (Å²) in [6.07, 6.45) is 1.31. The number of nitrogen functional groups attached to an aromatic ring is 1.